The lowest BCUT2D eigenvalue weighted by Crippen LogP contribution is -2.38. The first kappa shape index (κ1) is 19.9. The minimum absolute atomic E-state index is 0.108. The van der Waals surface area contributed by atoms with Gasteiger partial charge in [0.1, 0.15) is 11.6 Å². The molecule has 0 unspecified atom stereocenters. The fraction of sp³-hybridized carbons (Fsp3) is 0.273. The molecule has 2 heterocycles. The average Bonchev–Trinajstić information content (AvgIpc) is 2.67. The van der Waals surface area contributed by atoms with Crippen LogP contribution in [0, 0.1) is 18.6 Å². The number of rotatable bonds is 4. The number of nitrogens with zero attached hydrogens (tertiary/aromatic N) is 3. The zero-order chi connectivity index (χ0) is 20.5. The topological polar surface area (TPSA) is 38.1 Å². The predicted molar refractivity (Wildman–Crippen MR) is 111 cm³/mol. The minimum Gasteiger partial charge on any atom is -0.294 e. The molecule has 4 nitrogen and oxygen atoms in total. The summed E-state index contributed by atoms with van der Waals surface area (Å²) in [6, 6.07) is 11.3. The van der Waals surface area contributed by atoms with Gasteiger partial charge in [-0.25, -0.2) is 13.5 Å². The van der Waals surface area contributed by atoms with Crippen LogP contribution in [0.25, 0.3) is 0 Å². The maximum Gasteiger partial charge on any atom is 0.271 e. The summed E-state index contributed by atoms with van der Waals surface area (Å²) in [6.07, 6.45) is 0.695. The smallest absolute Gasteiger partial charge is 0.271 e. The van der Waals surface area contributed by atoms with Crippen LogP contribution >= 0.6 is 15.9 Å². The largest absolute Gasteiger partial charge is 0.294 e. The predicted octanol–water partition coefficient (Wildman–Crippen LogP) is 4.20. The van der Waals surface area contributed by atoms with Crippen LogP contribution in [0.3, 0.4) is 0 Å². The fourth-order valence-corrected chi connectivity index (χ4v) is 4.09. The first-order valence-electron chi connectivity index (χ1n) is 9.40. The van der Waals surface area contributed by atoms with E-state index >= 15 is 0 Å². The molecule has 0 aliphatic carbocycles. The summed E-state index contributed by atoms with van der Waals surface area (Å²) in [5.41, 5.74) is 4.01. The van der Waals surface area contributed by atoms with Crippen molar-refractivity contribution in [2.45, 2.75) is 33.0 Å². The fourth-order valence-electron chi connectivity index (χ4n) is 3.82. The maximum absolute atomic E-state index is 13.5. The minimum atomic E-state index is -0.589. The Bertz CT molecular complexity index is 1090. The lowest BCUT2D eigenvalue weighted by Gasteiger charge is -2.29. The number of aryl methyl sites for hydroxylation is 1. The molecule has 150 valence electrons. The quantitative estimate of drug-likeness (QED) is 0.586. The molecule has 1 aromatic heterocycles. The van der Waals surface area contributed by atoms with Crippen LogP contribution < -0.4 is 5.56 Å². The first-order valence-corrected chi connectivity index (χ1v) is 10.2. The monoisotopic (exact) mass is 459 g/mol. The van der Waals surface area contributed by atoms with Gasteiger partial charge in [-0.3, -0.25) is 9.69 Å². The molecule has 0 spiro atoms. The van der Waals surface area contributed by atoms with Crippen LogP contribution in [0.1, 0.15) is 27.9 Å². The standard InChI is InChI=1S/C22H20BrF2N3O/c1-14-20-6-7-27(11-16-8-18(24)10-19(25)9-16)13-21(20)22(29)28(26-14)12-15-2-4-17(23)5-3-15/h2-5,8-10H,6-7,11-13H2,1H3. The van der Waals surface area contributed by atoms with Crippen molar-refractivity contribution < 1.29 is 8.78 Å². The third kappa shape index (κ3) is 4.46. The molecule has 4 rings (SSSR count). The lowest BCUT2D eigenvalue weighted by molar-refractivity contribution is 0.241. The summed E-state index contributed by atoms with van der Waals surface area (Å²) in [6.45, 7) is 3.87. The van der Waals surface area contributed by atoms with Gasteiger partial charge < -0.3 is 0 Å². The molecular formula is C22H20BrF2N3O. The first-order chi connectivity index (χ1) is 13.9. The Hall–Kier alpha value is -2.38. The van der Waals surface area contributed by atoms with Crippen LogP contribution in [0.4, 0.5) is 8.78 Å². The van der Waals surface area contributed by atoms with Gasteiger partial charge >= 0.3 is 0 Å². The van der Waals surface area contributed by atoms with E-state index < -0.39 is 11.6 Å². The number of aromatic nitrogens is 2. The average molecular weight is 460 g/mol. The van der Waals surface area contributed by atoms with Crippen LogP contribution in [-0.2, 0) is 26.1 Å². The Kier molecular flexibility index (Phi) is 5.61. The molecule has 0 fully saturated rings. The highest BCUT2D eigenvalue weighted by Crippen LogP contribution is 2.21. The summed E-state index contributed by atoms with van der Waals surface area (Å²) in [5.74, 6) is -1.18. The second-order valence-corrected chi connectivity index (χ2v) is 8.29. The second-order valence-electron chi connectivity index (χ2n) is 7.37. The molecule has 1 aliphatic rings. The lowest BCUT2D eigenvalue weighted by atomic mass is 9.99. The molecule has 0 radical (unpaired) electrons. The molecule has 0 N–H and O–H groups in total. The van der Waals surface area contributed by atoms with Gasteiger partial charge in [0.15, 0.2) is 0 Å². The molecule has 0 bridgehead atoms. The van der Waals surface area contributed by atoms with Gasteiger partial charge in [0.25, 0.3) is 5.56 Å². The Morgan fingerprint density at radius 2 is 1.69 bits per heavy atom. The Morgan fingerprint density at radius 3 is 2.38 bits per heavy atom. The summed E-state index contributed by atoms with van der Waals surface area (Å²) >= 11 is 3.41. The molecule has 0 atom stereocenters. The molecular weight excluding hydrogens is 440 g/mol. The molecule has 2 aromatic carbocycles. The zero-order valence-electron chi connectivity index (χ0n) is 16.0. The molecule has 0 saturated heterocycles. The highest BCUT2D eigenvalue weighted by Gasteiger charge is 2.23. The van der Waals surface area contributed by atoms with Gasteiger partial charge in [-0.1, -0.05) is 28.1 Å². The van der Waals surface area contributed by atoms with Crippen molar-refractivity contribution >= 4 is 15.9 Å². The number of halogens is 3. The van der Waals surface area contributed by atoms with Gasteiger partial charge in [-0.15, -0.1) is 0 Å². The van der Waals surface area contributed by atoms with Gasteiger partial charge in [0.2, 0.25) is 0 Å². The van der Waals surface area contributed by atoms with Crippen molar-refractivity contribution in [3.05, 3.63) is 96.9 Å². The van der Waals surface area contributed by atoms with Gasteiger partial charge in [0.05, 0.1) is 12.2 Å². The Labute approximate surface area is 175 Å². The van der Waals surface area contributed by atoms with Crippen molar-refractivity contribution in [1.82, 2.24) is 14.7 Å². The van der Waals surface area contributed by atoms with Crippen molar-refractivity contribution in [1.29, 1.82) is 0 Å². The molecule has 3 aromatic rings. The van der Waals surface area contributed by atoms with Crippen LogP contribution in [0.2, 0.25) is 0 Å². The molecule has 7 heteroatoms. The van der Waals surface area contributed by atoms with E-state index in [1.54, 1.807) is 0 Å². The third-order valence-electron chi connectivity index (χ3n) is 5.20. The van der Waals surface area contributed by atoms with E-state index in [0.29, 0.717) is 38.2 Å². The Morgan fingerprint density at radius 1 is 1.00 bits per heavy atom. The highest BCUT2D eigenvalue weighted by molar-refractivity contribution is 9.10. The number of fused-ring (bicyclic) bond motifs is 1. The number of hydrogen-bond acceptors (Lipinski definition) is 3. The van der Waals surface area contributed by atoms with E-state index in [4.69, 9.17) is 0 Å². The van der Waals surface area contributed by atoms with E-state index in [-0.39, 0.29) is 5.56 Å². The molecule has 1 aliphatic heterocycles. The zero-order valence-corrected chi connectivity index (χ0v) is 17.5. The molecule has 0 saturated carbocycles. The third-order valence-corrected chi connectivity index (χ3v) is 5.73. The van der Waals surface area contributed by atoms with Gasteiger partial charge in [-0.2, -0.15) is 5.10 Å². The van der Waals surface area contributed by atoms with Crippen LogP contribution in [0.15, 0.2) is 51.7 Å². The van der Waals surface area contributed by atoms with E-state index in [9.17, 15) is 13.6 Å². The van der Waals surface area contributed by atoms with E-state index in [2.05, 4.69) is 21.0 Å². The van der Waals surface area contributed by atoms with Gasteiger partial charge in [-0.05, 0) is 54.3 Å². The van der Waals surface area contributed by atoms with Crippen molar-refractivity contribution in [3.8, 4) is 0 Å². The number of benzene rings is 2. The van der Waals surface area contributed by atoms with E-state index in [0.717, 1.165) is 32.9 Å². The normalized spacial score (nSPS) is 14.1. The van der Waals surface area contributed by atoms with E-state index in [1.165, 1.54) is 16.8 Å². The second kappa shape index (κ2) is 8.16. The van der Waals surface area contributed by atoms with E-state index in [1.807, 2.05) is 36.1 Å². The van der Waals surface area contributed by atoms with Crippen molar-refractivity contribution in [2.75, 3.05) is 6.54 Å². The molecule has 0 amide bonds. The Balaban J connectivity index is 1.60. The molecule has 29 heavy (non-hydrogen) atoms. The van der Waals surface area contributed by atoms with Gasteiger partial charge in [0, 0.05) is 35.7 Å². The summed E-state index contributed by atoms with van der Waals surface area (Å²) < 4.78 is 29.5. The van der Waals surface area contributed by atoms with Crippen molar-refractivity contribution in [2.24, 2.45) is 0 Å². The highest BCUT2D eigenvalue weighted by atomic mass is 79.9. The number of hydrogen-bond donors (Lipinski definition) is 0. The summed E-state index contributed by atoms with van der Waals surface area (Å²) in [4.78, 5) is 15.1. The van der Waals surface area contributed by atoms with Crippen LogP contribution in [0.5, 0.6) is 0 Å². The van der Waals surface area contributed by atoms with Crippen molar-refractivity contribution in [3.63, 3.8) is 0 Å². The summed E-state index contributed by atoms with van der Waals surface area (Å²) in [5, 5.41) is 4.51. The summed E-state index contributed by atoms with van der Waals surface area (Å²) in [7, 11) is 0. The van der Waals surface area contributed by atoms with Crippen LogP contribution in [-0.4, -0.2) is 21.2 Å². The maximum atomic E-state index is 13.5. The SMILES string of the molecule is Cc1nn(Cc2ccc(Br)cc2)c(=O)c2c1CCN(Cc1cc(F)cc(F)c1)C2.